The van der Waals surface area contributed by atoms with Crippen LogP contribution in [-0.2, 0) is 25.8 Å². The van der Waals surface area contributed by atoms with Crippen LogP contribution in [0.2, 0.25) is 0 Å². The van der Waals surface area contributed by atoms with Crippen molar-refractivity contribution >= 4 is 92.9 Å². The number of aliphatic carboxylic acids is 1. The summed E-state index contributed by atoms with van der Waals surface area (Å²) < 4.78 is 3.11. The number of rotatable bonds is 8. The van der Waals surface area contributed by atoms with Crippen LogP contribution < -0.4 is 15.5 Å². The third-order valence-corrected chi connectivity index (χ3v) is 7.98. The van der Waals surface area contributed by atoms with E-state index < -0.39 is 35.2 Å². The first kappa shape index (κ1) is 28.6. The van der Waals surface area contributed by atoms with Gasteiger partial charge in [0.15, 0.2) is 17.0 Å². The molecular weight excluding hydrogens is 561 g/mol. The van der Waals surface area contributed by atoms with Gasteiger partial charge in [0.05, 0.1) is 6.20 Å². The number of amides is 2. The molecule has 0 bridgehead atoms. The van der Waals surface area contributed by atoms with Gasteiger partial charge in [0, 0.05) is 22.8 Å². The molecule has 1 fully saturated rings. The van der Waals surface area contributed by atoms with Gasteiger partial charge >= 0.3 is 41.5 Å². The number of anilines is 1. The number of thioether (sulfide) groups is 1. The quantitative estimate of drug-likeness (QED) is 0.0851. The monoisotopic (exact) mass is 582 g/mol. The zero-order valence-corrected chi connectivity index (χ0v) is 21.2. The summed E-state index contributed by atoms with van der Waals surface area (Å²) in [4.78, 5) is 60.0. The van der Waals surface area contributed by atoms with E-state index in [2.05, 4.69) is 15.5 Å². The average molecular weight is 583 g/mol. The van der Waals surface area contributed by atoms with Crippen molar-refractivity contribution in [3.63, 3.8) is 0 Å². The van der Waals surface area contributed by atoms with E-state index in [1.807, 2.05) is 0 Å². The fourth-order valence-corrected chi connectivity index (χ4v) is 6.23. The molecule has 17 heteroatoms. The van der Waals surface area contributed by atoms with Gasteiger partial charge in [-0.2, -0.15) is 0 Å². The number of fused-ring (bicyclic) bond motifs is 2. The topological polar surface area (TPSA) is 194 Å². The Morgan fingerprint density at radius 3 is 2.72 bits per heavy atom. The Morgan fingerprint density at radius 2 is 2.08 bits per heavy atom. The van der Waals surface area contributed by atoms with Gasteiger partial charge < -0.3 is 26.1 Å². The van der Waals surface area contributed by atoms with Crippen molar-refractivity contribution in [1.82, 2.24) is 19.8 Å². The third-order valence-electron chi connectivity index (χ3n) is 5.96. The number of aromatic carboxylic acids is 1. The molecule has 0 aromatic carbocycles. The summed E-state index contributed by atoms with van der Waals surface area (Å²) in [5.74, 6) is -3.66. The molecule has 2 aliphatic heterocycles. The van der Waals surface area contributed by atoms with E-state index in [4.69, 9.17) is 10.6 Å². The van der Waals surface area contributed by atoms with Crippen LogP contribution in [0, 0.1) is 0 Å². The number of β-lactam (4-membered cyclic amide) rings is 1. The van der Waals surface area contributed by atoms with Crippen molar-refractivity contribution in [1.29, 1.82) is 0 Å². The SMILES string of the molecule is CO/N=C(\C(=O)N[C@@H]1C(=O)N2C(C(=O)O)=C(Cn3c(C(=O)O)c[n+]4ccccc34)CS[C@H]12)c1csc(N)n1.[NaH]. The standard InChI is InChI=1S/C22H19N7O7S2.Na.H/c1-36-26-14(11-9-38-22(23)24-11)17(30)25-15-18(31)29-16(21(34)35)10(8-37-19(15)29)6-28-12(20(32)33)7-27-5-3-2-4-13(27)28;;/h2-5,7,9,15,19H,6,8H2,1H3,(H4-,23,24,25,30,32,33,34,35);;/p+1/b26-14-;;/t15-,19-;;/m1../s1. The van der Waals surface area contributed by atoms with Crippen molar-refractivity contribution in [3.05, 3.63) is 58.6 Å². The Labute approximate surface area is 250 Å². The summed E-state index contributed by atoms with van der Waals surface area (Å²) in [6, 6.07) is 4.18. The molecule has 2 atom stereocenters. The molecule has 5 rings (SSSR count). The molecular formula is C22H21N7NaO7S2+. The summed E-state index contributed by atoms with van der Waals surface area (Å²) in [5.41, 5.74) is 6.27. The zero-order valence-electron chi connectivity index (χ0n) is 19.6. The Morgan fingerprint density at radius 1 is 1.31 bits per heavy atom. The maximum absolute atomic E-state index is 13.1. The number of oxime groups is 1. The average Bonchev–Trinajstić information content (AvgIpc) is 3.48. The number of nitrogen functional groups attached to an aromatic ring is 1. The number of carbonyl (C=O) groups is 4. The molecule has 0 radical (unpaired) electrons. The second-order valence-corrected chi connectivity index (χ2v) is 10.2. The molecule has 0 saturated carbocycles. The van der Waals surface area contributed by atoms with Gasteiger partial charge in [-0.05, 0) is 6.07 Å². The van der Waals surface area contributed by atoms with Gasteiger partial charge in [0.25, 0.3) is 23.2 Å². The van der Waals surface area contributed by atoms with Crippen molar-refractivity contribution in [2.24, 2.45) is 5.16 Å². The first-order valence-electron chi connectivity index (χ1n) is 11.0. The van der Waals surface area contributed by atoms with Gasteiger partial charge in [0.2, 0.25) is 0 Å². The van der Waals surface area contributed by atoms with E-state index in [9.17, 15) is 29.4 Å². The van der Waals surface area contributed by atoms with Crippen LogP contribution >= 0.6 is 23.1 Å². The van der Waals surface area contributed by atoms with Crippen molar-refractivity contribution in [2.45, 2.75) is 18.0 Å². The minimum absolute atomic E-state index is 0. The molecule has 5 N–H and O–H groups in total. The zero-order chi connectivity index (χ0) is 27.1. The fraction of sp³-hybridized carbons (Fsp3) is 0.227. The van der Waals surface area contributed by atoms with E-state index in [0.717, 1.165) is 16.2 Å². The summed E-state index contributed by atoms with van der Waals surface area (Å²) in [6.45, 7) is -0.0554. The second kappa shape index (κ2) is 11.4. The Hall–Kier alpha value is -3.44. The Bertz CT molecular complexity index is 1570. The molecule has 0 unspecified atom stereocenters. The number of carboxylic acids is 2. The van der Waals surface area contributed by atoms with Crippen LogP contribution in [0.25, 0.3) is 5.65 Å². The number of nitrogens with two attached hydrogens (primary N) is 1. The molecule has 198 valence electrons. The van der Waals surface area contributed by atoms with Gasteiger partial charge in [-0.3, -0.25) is 14.5 Å². The summed E-state index contributed by atoms with van der Waals surface area (Å²) in [7, 11) is 1.25. The normalized spacial score (nSPS) is 18.7. The molecule has 3 aromatic rings. The molecule has 14 nitrogen and oxygen atoms in total. The van der Waals surface area contributed by atoms with Crippen LogP contribution in [0.15, 0.2) is 52.4 Å². The first-order valence-corrected chi connectivity index (χ1v) is 12.9. The van der Waals surface area contributed by atoms with E-state index in [-0.39, 0.29) is 69.8 Å². The number of hydrogen-bond acceptors (Lipinski definition) is 10. The third kappa shape index (κ3) is 5.12. The van der Waals surface area contributed by atoms with Gasteiger partial charge in [-0.25, -0.2) is 23.5 Å². The number of hydrogen-bond donors (Lipinski definition) is 4. The van der Waals surface area contributed by atoms with E-state index in [1.165, 1.54) is 35.0 Å². The molecule has 39 heavy (non-hydrogen) atoms. The van der Waals surface area contributed by atoms with Crippen molar-refractivity contribution < 1.29 is 38.6 Å². The van der Waals surface area contributed by atoms with Crippen LogP contribution in [0.5, 0.6) is 0 Å². The predicted molar refractivity (Wildman–Crippen MR) is 141 cm³/mol. The van der Waals surface area contributed by atoms with Crippen LogP contribution in [0.4, 0.5) is 5.13 Å². The van der Waals surface area contributed by atoms with Crippen molar-refractivity contribution in [2.75, 3.05) is 18.6 Å². The number of imidazole rings is 1. The molecule has 0 aliphatic carbocycles. The van der Waals surface area contributed by atoms with Crippen LogP contribution in [0.1, 0.15) is 16.2 Å². The van der Waals surface area contributed by atoms with Crippen LogP contribution in [0.3, 0.4) is 0 Å². The van der Waals surface area contributed by atoms with Gasteiger partial charge in [-0.1, -0.05) is 11.2 Å². The van der Waals surface area contributed by atoms with Crippen molar-refractivity contribution in [3.8, 4) is 0 Å². The second-order valence-electron chi connectivity index (χ2n) is 8.18. The molecule has 2 aliphatic rings. The molecule has 2 amide bonds. The Balaban J connectivity index is 0.00000353. The molecule has 0 spiro atoms. The number of pyridine rings is 1. The summed E-state index contributed by atoms with van der Waals surface area (Å²) in [5, 5.41) is 27.0. The maximum atomic E-state index is 13.1. The number of carbonyl (C=O) groups excluding carboxylic acids is 2. The van der Waals surface area contributed by atoms with E-state index in [1.54, 1.807) is 28.8 Å². The number of nitrogens with one attached hydrogen (secondary N) is 1. The fourth-order valence-electron chi connectivity index (χ4n) is 4.34. The predicted octanol–water partition coefficient (Wildman–Crippen LogP) is -0.895. The van der Waals surface area contributed by atoms with Gasteiger partial charge in [-0.15, -0.1) is 23.1 Å². The summed E-state index contributed by atoms with van der Waals surface area (Å²) >= 11 is 2.36. The van der Waals surface area contributed by atoms with E-state index in [0.29, 0.717) is 11.2 Å². The summed E-state index contributed by atoms with van der Waals surface area (Å²) in [6.07, 6.45) is 3.12. The van der Waals surface area contributed by atoms with E-state index >= 15 is 0 Å². The first-order chi connectivity index (χ1) is 18.2. The number of thiazole rings is 1. The Kier molecular flexibility index (Phi) is 8.31. The van der Waals surface area contributed by atoms with Gasteiger partial charge in [0.1, 0.15) is 36.5 Å². The number of nitrogens with zero attached hydrogens (tertiary/aromatic N) is 5. The minimum atomic E-state index is -1.33. The molecule has 1 saturated heterocycles. The van der Waals surface area contributed by atoms with Crippen LogP contribution in [-0.4, -0.2) is 108 Å². The number of aromatic nitrogens is 3. The molecule has 3 aromatic heterocycles. The molecule has 5 heterocycles. The number of carboxylic acid groups (broad SMARTS) is 2.